The molecule has 44 nitrogen and oxygen atoms in total. The lowest BCUT2D eigenvalue weighted by molar-refractivity contribution is -0.145. The number of amides is 5. The van der Waals surface area contributed by atoms with E-state index in [4.69, 9.17) is 56.3 Å². The van der Waals surface area contributed by atoms with Gasteiger partial charge in [0.1, 0.15) is 30.0 Å². The SMILES string of the molecule is C=C1C[C@@H](C2OCCN2C(=O)OCCSSC[C@H](CC(=O)[C@H](CC(=O)O)NC(=O)[C@H](CC(=O)O)CC(=O)[C@H](CCCNC(=N)N)NC(=O)[C@H](CC(=O)O)CC(=O)CC[C@H](NC(=O)c2ccc(NCc3cnc4nc(N)[nH]c(=O)c4n3)cc2)C(=O)O)C(=O)O)N(C(=O)c2cc(OC)c(OCCCCCOc3ccc(-c4nc5ccc(C6=Nc7cc(N8CCN(C)CC8)ccc7C6)cc5[nH]4)cc3)cc2N)C1. The van der Waals surface area contributed by atoms with Crippen LogP contribution in [0.15, 0.2) is 125 Å². The first-order chi connectivity index (χ1) is 66.6. The fraction of sp³-hybridized carbons (Fsp3) is 0.419. The maximum atomic E-state index is 14.5. The van der Waals surface area contributed by atoms with Crippen LogP contribution in [0.25, 0.3) is 33.6 Å². The highest BCUT2D eigenvalue weighted by Gasteiger charge is 2.46. The van der Waals surface area contributed by atoms with Crippen molar-refractivity contribution in [2.75, 3.05) is 120 Å². The van der Waals surface area contributed by atoms with E-state index < -0.39 is 188 Å². The number of benzene rings is 5. The van der Waals surface area contributed by atoms with E-state index >= 15 is 0 Å². The van der Waals surface area contributed by atoms with E-state index in [1.54, 1.807) is 0 Å². The second-order valence-electron chi connectivity index (χ2n) is 33.9. The first-order valence-electron chi connectivity index (χ1n) is 44.9. The number of ketones is 3. The van der Waals surface area contributed by atoms with Crippen molar-refractivity contribution in [3.63, 3.8) is 0 Å². The van der Waals surface area contributed by atoms with Crippen molar-refractivity contribution in [3.05, 3.63) is 154 Å². The summed E-state index contributed by atoms with van der Waals surface area (Å²) in [7, 11) is 5.61. The molecular weight excluding hydrogens is 1850 g/mol. The number of carboxylic acids is 5. The molecule has 0 bridgehead atoms. The average Bonchev–Trinajstić information content (AvgIpc) is 1.68. The topological polar surface area (TPSA) is 657 Å². The summed E-state index contributed by atoms with van der Waals surface area (Å²) in [5.74, 6) is -18.9. The van der Waals surface area contributed by atoms with Crippen LogP contribution in [0.1, 0.15) is 127 Å². The molecule has 4 aliphatic rings. The van der Waals surface area contributed by atoms with Crippen molar-refractivity contribution in [1.82, 2.24) is 65.9 Å². The number of unbranched alkanes of at least 4 members (excludes halogenated alkanes) is 2. The molecular formula is C93H110N20O24S2. The van der Waals surface area contributed by atoms with Gasteiger partial charge in [-0.1, -0.05) is 45.9 Å². The molecule has 4 aliphatic heterocycles. The number of fused-ring (bicyclic) bond motifs is 3. The Labute approximate surface area is 803 Å². The van der Waals surface area contributed by atoms with Gasteiger partial charge in [-0.15, -0.1) is 0 Å². The number of nitrogens with one attached hydrogen (secondary N) is 8. The predicted octanol–water partition coefficient (Wildman–Crippen LogP) is 6.18. The van der Waals surface area contributed by atoms with Gasteiger partial charge >= 0.3 is 35.9 Å². The molecule has 8 aromatic rings. The van der Waals surface area contributed by atoms with Crippen molar-refractivity contribution in [2.45, 2.75) is 133 Å². The molecule has 7 heterocycles. The van der Waals surface area contributed by atoms with Gasteiger partial charge in [0.15, 0.2) is 46.4 Å². The Hall–Kier alpha value is -14.8. The van der Waals surface area contributed by atoms with Crippen LogP contribution in [0.3, 0.4) is 0 Å². The number of carbonyl (C=O) groups excluding carboxylic acids is 8. The molecule has 3 aromatic heterocycles. The summed E-state index contributed by atoms with van der Waals surface area (Å²) in [6.45, 7) is 9.05. The molecule has 0 spiro atoms. The highest BCUT2D eigenvalue weighted by atomic mass is 33.1. The number of nitrogens with two attached hydrogens (primary N) is 3. The number of methoxy groups -OCH3 is 1. The zero-order valence-corrected chi connectivity index (χ0v) is 77.8. The number of imidazole rings is 1. The van der Waals surface area contributed by atoms with Crippen molar-refractivity contribution in [3.8, 4) is 28.6 Å². The molecule has 46 heteroatoms. The molecule has 19 N–H and O–H groups in total. The maximum absolute atomic E-state index is 14.5. The fourth-order valence-corrected chi connectivity index (χ4v) is 18.4. The first-order valence-corrected chi connectivity index (χ1v) is 47.4. The lowest BCUT2D eigenvalue weighted by atomic mass is 9.90. The van der Waals surface area contributed by atoms with Gasteiger partial charge in [0, 0.05) is 117 Å². The molecule has 5 aromatic carbocycles. The third-order valence-electron chi connectivity index (χ3n) is 23.7. The van der Waals surface area contributed by atoms with E-state index in [2.05, 4.69) is 105 Å². The number of aliphatic carboxylic acids is 5. The minimum Gasteiger partial charge on any atom is -0.494 e. The maximum Gasteiger partial charge on any atom is 0.412 e. The van der Waals surface area contributed by atoms with Gasteiger partial charge in [-0.25, -0.2) is 24.5 Å². The number of Topliss-reactive ketones (excluding diaryl/α,β-unsaturated/α-hetero) is 3. The van der Waals surface area contributed by atoms with Crippen molar-refractivity contribution in [2.24, 2.45) is 28.5 Å². The van der Waals surface area contributed by atoms with Crippen LogP contribution in [0, 0.1) is 23.2 Å². The van der Waals surface area contributed by atoms with E-state index in [1.165, 1.54) is 70.8 Å². The number of hydrogen-bond acceptors (Lipinski definition) is 32. The van der Waals surface area contributed by atoms with Crippen molar-refractivity contribution >= 4 is 161 Å². The standard InChI is InChI=1S/C93H110N20O24S2/c1-50-34-72(113(48-50)87(127)63-43-75(133-3)76(44-64(63)94)135-30-6-4-5-29-134-62-19-12-51(13-20-62)81-103-65-21-14-54(37-70(65)104-81)68-36-53-11-17-60(42-69(53)102-68)111-26-24-110(2)25-27-111)88-112(28-31-136-88)93(132)137-32-33-138-139-49-57(89(128)129)39-74(116)71(45-79(121)122)107-85(125)56(41-78(119)120)38-73(115)66(8-7-23-98-91(95)96)105-84(124)55(40-77(117)118)35-61(114)18-22-67(90(130)131)106-83(123)52-9-15-58(16-10-52)99-46-59-47-100-82-80(101-59)86(126)109-92(97)108-82/h9-17,19-21,37,42-44,47,55-57,66-67,71-72,88,99H,1,4-8,18,22-36,38-41,45-46,48-49,94H2,2-3H3,(H,103,104)(H,105,124)(H,106,123)(H,107,125)(H,117,118)(H,119,120)(H,121,122)(H,128,129)(H,130,131)(H4,95,96,98)(H3,97,100,108,109,126)/t55-,56-,57-,66-,67-,71-,72-,88?/m0/s1. The van der Waals surface area contributed by atoms with Gasteiger partial charge < -0.3 is 113 Å². The van der Waals surface area contributed by atoms with Gasteiger partial charge in [-0.3, -0.25) is 77.8 Å². The fourth-order valence-electron chi connectivity index (χ4n) is 16.3. The normalized spacial score (nSPS) is 15.9. The average molecular weight is 1960 g/mol. The third kappa shape index (κ3) is 28.9. The smallest absolute Gasteiger partial charge is 0.412 e. The second kappa shape index (κ2) is 48.8. The summed E-state index contributed by atoms with van der Waals surface area (Å²) < 4.78 is 29.6. The van der Waals surface area contributed by atoms with Crippen molar-refractivity contribution in [1.29, 1.82) is 5.41 Å². The zero-order chi connectivity index (χ0) is 99.7. The van der Waals surface area contributed by atoms with Gasteiger partial charge in [-0.05, 0) is 142 Å². The number of carboxylic acid groups (broad SMARTS) is 5. The number of nitrogen functional groups attached to an aromatic ring is 2. The lowest BCUT2D eigenvalue weighted by Crippen LogP contribution is -2.51. The molecule has 12 rings (SSSR count). The highest BCUT2D eigenvalue weighted by molar-refractivity contribution is 8.76. The number of H-pyrrole nitrogens is 2. The Kier molecular flexibility index (Phi) is 36.2. The minimum absolute atomic E-state index is 0.00165. The van der Waals surface area contributed by atoms with Crippen LogP contribution >= 0.6 is 21.6 Å². The highest BCUT2D eigenvalue weighted by Crippen LogP contribution is 2.39. The van der Waals surface area contributed by atoms with Crippen LogP contribution < -0.4 is 68.5 Å². The minimum atomic E-state index is -1.99. The van der Waals surface area contributed by atoms with Crippen LogP contribution in [0.2, 0.25) is 0 Å². The van der Waals surface area contributed by atoms with Crippen molar-refractivity contribution < 1.29 is 112 Å². The number of carbonyl (C=O) groups is 13. The number of aromatic amines is 2. The number of hydrogen-bond donors (Lipinski definition) is 16. The number of piperazine rings is 1. The molecule has 8 atom stereocenters. The van der Waals surface area contributed by atoms with Crippen LogP contribution in [-0.4, -0.2) is 287 Å². The van der Waals surface area contributed by atoms with E-state index in [9.17, 15) is 92.7 Å². The van der Waals surface area contributed by atoms with Gasteiger partial charge in [0.05, 0.1) is 135 Å². The zero-order valence-electron chi connectivity index (χ0n) is 76.2. The van der Waals surface area contributed by atoms with E-state index in [1.807, 2.05) is 30.3 Å². The number of guanidine groups is 1. The predicted molar refractivity (Wildman–Crippen MR) is 512 cm³/mol. The Morgan fingerprint density at radius 2 is 1.37 bits per heavy atom. The number of ether oxygens (including phenoxy) is 5. The molecule has 738 valence electrons. The number of nitrogens with zero attached hydrogens (tertiary/aromatic N) is 9. The summed E-state index contributed by atoms with van der Waals surface area (Å²) in [6, 6.07) is 23.3. The molecule has 5 amide bonds. The number of likely N-dealkylation sites (N-methyl/N-ethyl adjacent to an activating group) is 1. The number of likely N-dealkylation sites (tertiary alicyclic amines) is 1. The van der Waals surface area contributed by atoms with Crippen LogP contribution in [0.4, 0.5) is 33.5 Å². The Morgan fingerprint density at radius 3 is 2.06 bits per heavy atom. The van der Waals surface area contributed by atoms with Crippen LogP contribution in [0.5, 0.6) is 17.2 Å². The number of anilines is 4. The summed E-state index contributed by atoms with van der Waals surface area (Å²) in [6.07, 6.45) is -4.80. The summed E-state index contributed by atoms with van der Waals surface area (Å²) in [5, 5.41) is 69.9. The number of aliphatic imine (C=N–C) groups is 1. The molecule has 0 saturated carbocycles. The monoisotopic (exact) mass is 1950 g/mol. The van der Waals surface area contributed by atoms with E-state index in [-0.39, 0.29) is 110 Å². The quantitative estimate of drug-likeness (QED) is 0.00505. The number of rotatable bonds is 52. The molecule has 1 unspecified atom stereocenters. The molecule has 3 saturated heterocycles. The Morgan fingerprint density at radius 1 is 0.676 bits per heavy atom. The van der Waals surface area contributed by atoms with Gasteiger partial charge in [0.2, 0.25) is 17.8 Å². The molecule has 139 heavy (non-hydrogen) atoms. The Bertz CT molecular complexity index is 6020. The Balaban J connectivity index is 0.562. The largest absolute Gasteiger partial charge is 0.494 e. The summed E-state index contributed by atoms with van der Waals surface area (Å²) in [5.41, 5.74) is 26.9. The molecule has 3 fully saturated rings. The first kappa shape index (κ1) is 103. The number of aromatic nitrogens is 6. The van der Waals surface area contributed by atoms with Crippen LogP contribution in [-0.2, 0) is 70.4 Å². The summed E-state index contributed by atoms with van der Waals surface area (Å²) in [4.78, 5) is 221. The van der Waals surface area contributed by atoms with Gasteiger partial charge in [-0.2, -0.15) is 4.98 Å². The lowest BCUT2D eigenvalue weighted by Gasteiger charge is -2.34. The van der Waals surface area contributed by atoms with Gasteiger partial charge in [0.25, 0.3) is 17.4 Å². The molecule has 0 aliphatic carbocycles. The summed E-state index contributed by atoms with van der Waals surface area (Å²) >= 11 is 0. The third-order valence-corrected chi connectivity index (χ3v) is 26.1. The van der Waals surface area contributed by atoms with E-state index in [0.29, 0.717) is 42.3 Å². The second-order valence-corrected chi connectivity index (χ2v) is 36.5. The van der Waals surface area contributed by atoms with E-state index in [0.717, 1.165) is 112 Å². The molecule has 0 radical (unpaired) electrons.